The summed E-state index contributed by atoms with van der Waals surface area (Å²) < 4.78 is 5.46. The zero-order chi connectivity index (χ0) is 19.6. The minimum Gasteiger partial charge on any atom is -0.872 e. The Morgan fingerprint density at radius 3 is 2.52 bits per heavy atom. The summed E-state index contributed by atoms with van der Waals surface area (Å²) in [4.78, 5) is 28.0. The highest BCUT2D eigenvalue weighted by atomic mass is 35.5. The molecule has 1 amide bonds. The molecule has 6 nitrogen and oxygen atoms in total. The Balaban J connectivity index is 2.03. The molecule has 0 bridgehead atoms. The molecule has 142 valence electrons. The van der Waals surface area contributed by atoms with Crippen molar-refractivity contribution in [2.24, 2.45) is 0 Å². The molecule has 7 heteroatoms. The van der Waals surface area contributed by atoms with Crippen LogP contribution in [0.4, 0.5) is 0 Å². The summed E-state index contributed by atoms with van der Waals surface area (Å²) in [5.74, 6) is -1.51. The molecule has 27 heavy (non-hydrogen) atoms. The van der Waals surface area contributed by atoms with Crippen LogP contribution in [0.1, 0.15) is 23.8 Å². The van der Waals surface area contributed by atoms with Crippen LogP contribution in [0.25, 0.3) is 5.76 Å². The number of ketones is 1. The Bertz CT molecular complexity index is 857. The van der Waals surface area contributed by atoms with Crippen molar-refractivity contribution in [3.05, 3.63) is 64.6 Å². The highest BCUT2D eigenvalue weighted by Gasteiger charge is 2.45. The number of halogens is 1. The van der Waals surface area contributed by atoms with E-state index in [0.29, 0.717) is 29.3 Å². The van der Waals surface area contributed by atoms with E-state index in [0.717, 1.165) is 6.54 Å². The molecule has 1 aromatic carbocycles. The first-order valence-corrected chi connectivity index (χ1v) is 9.12. The van der Waals surface area contributed by atoms with Crippen LogP contribution in [0.15, 0.2) is 52.7 Å². The summed E-state index contributed by atoms with van der Waals surface area (Å²) in [6.45, 7) is 1.21. The van der Waals surface area contributed by atoms with E-state index in [1.54, 1.807) is 36.4 Å². The van der Waals surface area contributed by atoms with Gasteiger partial charge in [0.25, 0.3) is 5.91 Å². The van der Waals surface area contributed by atoms with Gasteiger partial charge >= 0.3 is 0 Å². The van der Waals surface area contributed by atoms with Crippen molar-refractivity contribution in [3.8, 4) is 0 Å². The predicted molar refractivity (Wildman–Crippen MR) is 98.8 cm³/mol. The van der Waals surface area contributed by atoms with E-state index >= 15 is 0 Å². The lowest BCUT2D eigenvalue weighted by molar-refractivity contribution is -0.858. The molecule has 2 heterocycles. The van der Waals surface area contributed by atoms with Gasteiger partial charge in [-0.1, -0.05) is 29.5 Å². The number of benzene rings is 1. The van der Waals surface area contributed by atoms with Gasteiger partial charge in [0.05, 0.1) is 26.9 Å². The Hall–Kier alpha value is -2.57. The van der Waals surface area contributed by atoms with Crippen LogP contribution in [0, 0.1) is 0 Å². The van der Waals surface area contributed by atoms with Gasteiger partial charge in [0, 0.05) is 23.6 Å². The summed E-state index contributed by atoms with van der Waals surface area (Å²) in [7, 11) is 4.03. The van der Waals surface area contributed by atoms with Gasteiger partial charge in [0.15, 0.2) is 0 Å². The van der Waals surface area contributed by atoms with Crippen LogP contribution in [0.2, 0.25) is 5.02 Å². The van der Waals surface area contributed by atoms with Gasteiger partial charge < -0.3 is 19.3 Å². The fourth-order valence-corrected chi connectivity index (χ4v) is 3.33. The molecule has 0 saturated carbocycles. The third kappa shape index (κ3) is 3.91. The highest BCUT2D eigenvalue weighted by molar-refractivity contribution is 6.46. The number of furan rings is 1. The number of hydrogen-bond acceptors (Lipinski definition) is 4. The zero-order valence-electron chi connectivity index (χ0n) is 15.2. The Morgan fingerprint density at radius 2 is 1.93 bits per heavy atom. The number of nitrogens with zero attached hydrogens (tertiary/aromatic N) is 1. The van der Waals surface area contributed by atoms with Crippen molar-refractivity contribution in [1.82, 2.24) is 4.90 Å². The van der Waals surface area contributed by atoms with Crippen LogP contribution in [-0.4, -0.2) is 43.8 Å². The standard InChI is InChI=1S/C20H21ClN2O4/c1-22(2)10-4-11-23-17(15-5-3-12-27-15)16(19(25)20(23)26)18(24)13-6-8-14(21)9-7-13/h3,5-9,12,17,24H,4,10-11H2,1-2H3/b18-16+. The molecule has 1 aliphatic heterocycles. The molecule has 1 atom stereocenters. The molecular formula is C20H21ClN2O4. The molecule has 1 N–H and O–H groups in total. The zero-order valence-corrected chi connectivity index (χ0v) is 16.0. The highest BCUT2D eigenvalue weighted by Crippen LogP contribution is 2.38. The van der Waals surface area contributed by atoms with E-state index in [1.165, 1.54) is 16.1 Å². The molecule has 1 aliphatic rings. The van der Waals surface area contributed by atoms with Crippen molar-refractivity contribution < 1.29 is 24.0 Å². The fraction of sp³-hybridized carbons (Fsp3) is 0.300. The largest absolute Gasteiger partial charge is 0.872 e. The summed E-state index contributed by atoms with van der Waals surface area (Å²) >= 11 is 5.88. The van der Waals surface area contributed by atoms with E-state index in [-0.39, 0.29) is 5.57 Å². The maximum Gasteiger partial charge on any atom is 0.295 e. The van der Waals surface area contributed by atoms with Crippen LogP contribution in [0.3, 0.4) is 0 Å². The third-order valence-corrected chi connectivity index (χ3v) is 4.78. The summed E-state index contributed by atoms with van der Waals surface area (Å²) in [5.41, 5.74) is 0.237. The van der Waals surface area contributed by atoms with Gasteiger partial charge in [-0.3, -0.25) is 9.59 Å². The number of amides is 1. The molecule has 1 aromatic heterocycles. The number of Topliss-reactive ketones (excluding diaryl/α,β-unsaturated/α-hetero) is 1. The number of rotatable bonds is 6. The van der Waals surface area contributed by atoms with Gasteiger partial charge in [-0.25, -0.2) is 0 Å². The Kier molecular flexibility index (Phi) is 5.68. The molecule has 1 saturated heterocycles. The molecule has 0 radical (unpaired) electrons. The van der Waals surface area contributed by atoms with Gasteiger partial charge in [-0.2, -0.15) is 0 Å². The molecule has 0 spiro atoms. The van der Waals surface area contributed by atoms with Crippen molar-refractivity contribution >= 4 is 29.1 Å². The summed E-state index contributed by atoms with van der Waals surface area (Å²) in [5, 5.41) is 13.5. The first-order valence-electron chi connectivity index (χ1n) is 8.75. The van der Waals surface area contributed by atoms with E-state index in [9.17, 15) is 14.7 Å². The topological polar surface area (TPSA) is 78.0 Å². The number of carbonyl (C=O) groups is 2. The average Bonchev–Trinajstić information content (AvgIpc) is 3.24. The van der Waals surface area contributed by atoms with Gasteiger partial charge in [0.2, 0.25) is 5.78 Å². The first kappa shape index (κ1) is 19.2. The Labute approximate surface area is 162 Å². The molecular weight excluding hydrogens is 368 g/mol. The number of carbonyl (C=O) groups excluding carboxylic acids is 2. The second-order valence-corrected chi connectivity index (χ2v) is 7.24. The SMILES string of the molecule is C[NH+](C)CCCN1C(=O)C(=O)/C(=C(/[O-])c2ccc(Cl)cc2)C1c1ccco1. The second-order valence-electron chi connectivity index (χ2n) is 6.81. The van der Waals surface area contributed by atoms with E-state index < -0.39 is 23.5 Å². The van der Waals surface area contributed by atoms with Gasteiger partial charge in [-0.15, -0.1) is 0 Å². The van der Waals surface area contributed by atoms with Gasteiger partial charge in [-0.05, 0) is 29.8 Å². The molecule has 3 rings (SSSR count). The van der Waals surface area contributed by atoms with E-state index in [2.05, 4.69) is 0 Å². The number of likely N-dealkylation sites (tertiary alicyclic amines) is 1. The fourth-order valence-electron chi connectivity index (χ4n) is 3.20. The lowest BCUT2D eigenvalue weighted by Gasteiger charge is -2.25. The monoisotopic (exact) mass is 388 g/mol. The van der Waals surface area contributed by atoms with Crippen molar-refractivity contribution in [3.63, 3.8) is 0 Å². The van der Waals surface area contributed by atoms with Crippen molar-refractivity contribution in [2.75, 3.05) is 27.2 Å². The van der Waals surface area contributed by atoms with Crippen LogP contribution in [-0.2, 0) is 9.59 Å². The predicted octanol–water partition coefficient (Wildman–Crippen LogP) is 0.692. The molecule has 1 fully saturated rings. The minimum absolute atomic E-state index is 0.0746. The van der Waals surface area contributed by atoms with Crippen molar-refractivity contribution in [2.45, 2.75) is 12.5 Å². The normalized spacial score (nSPS) is 19.3. The van der Waals surface area contributed by atoms with Crippen LogP contribution < -0.4 is 10.0 Å². The average molecular weight is 389 g/mol. The third-order valence-electron chi connectivity index (χ3n) is 4.52. The van der Waals surface area contributed by atoms with E-state index in [4.69, 9.17) is 16.0 Å². The number of nitrogens with one attached hydrogen (secondary N) is 1. The molecule has 1 unspecified atom stereocenters. The lowest BCUT2D eigenvalue weighted by Crippen LogP contribution is -3.05. The minimum atomic E-state index is -0.805. The summed E-state index contributed by atoms with van der Waals surface area (Å²) in [6, 6.07) is 8.80. The van der Waals surface area contributed by atoms with Crippen LogP contribution >= 0.6 is 11.6 Å². The maximum atomic E-state index is 13.0. The number of quaternary nitrogens is 1. The summed E-state index contributed by atoms with van der Waals surface area (Å²) in [6.07, 6.45) is 2.18. The first-order chi connectivity index (χ1) is 12.9. The van der Waals surface area contributed by atoms with Crippen molar-refractivity contribution in [1.29, 1.82) is 0 Å². The quantitative estimate of drug-likeness (QED) is 0.449. The number of hydrogen-bond donors (Lipinski definition) is 1. The second kappa shape index (κ2) is 7.98. The Morgan fingerprint density at radius 1 is 1.22 bits per heavy atom. The maximum absolute atomic E-state index is 13.0. The van der Waals surface area contributed by atoms with Crippen LogP contribution in [0.5, 0.6) is 0 Å². The molecule has 0 aliphatic carbocycles. The lowest BCUT2D eigenvalue weighted by atomic mass is 9.99. The van der Waals surface area contributed by atoms with E-state index in [1.807, 2.05) is 14.1 Å². The smallest absolute Gasteiger partial charge is 0.295 e. The van der Waals surface area contributed by atoms with Gasteiger partial charge in [0.1, 0.15) is 11.8 Å². The molecule has 2 aromatic rings.